The molecule has 0 unspecified atom stereocenters. The predicted molar refractivity (Wildman–Crippen MR) is 87.8 cm³/mol. The Morgan fingerprint density at radius 3 is 2.57 bits per heavy atom. The molecule has 0 radical (unpaired) electrons. The Morgan fingerprint density at radius 2 is 1.95 bits per heavy atom. The van der Waals surface area contributed by atoms with Crippen molar-refractivity contribution < 1.29 is 4.74 Å². The topological polar surface area (TPSA) is 34.2 Å². The molecule has 1 fully saturated rings. The molecule has 21 heavy (non-hydrogen) atoms. The molecular weight excluding hydrogens is 260 g/mol. The quantitative estimate of drug-likeness (QED) is 0.884. The van der Waals surface area contributed by atoms with Gasteiger partial charge in [0.1, 0.15) is 6.10 Å². The van der Waals surface area contributed by atoms with Crippen LogP contribution in [0.5, 0.6) is 5.88 Å². The summed E-state index contributed by atoms with van der Waals surface area (Å²) in [5.74, 6) is 0.846. The lowest BCUT2D eigenvalue weighted by atomic mass is 9.76. The van der Waals surface area contributed by atoms with Crippen molar-refractivity contribution in [1.82, 2.24) is 10.3 Å². The highest BCUT2D eigenvalue weighted by Crippen LogP contribution is 2.37. The Hall–Kier alpha value is -1.09. The molecule has 1 aromatic heterocycles. The number of nitrogens with one attached hydrogen (secondary N) is 1. The van der Waals surface area contributed by atoms with E-state index in [1.165, 1.54) is 24.0 Å². The van der Waals surface area contributed by atoms with E-state index in [1.54, 1.807) is 0 Å². The van der Waals surface area contributed by atoms with Crippen molar-refractivity contribution in [3.8, 4) is 5.88 Å². The number of rotatable bonds is 5. The second-order valence-corrected chi connectivity index (χ2v) is 7.13. The van der Waals surface area contributed by atoms with Crippen LogP contribution in [-0.4, -0.2) is 17.6 Å². The predicted octanol–water partition coefficient (Wildman–Crippen LogP) is 4.16. The summed E-state index contributed by atoms with van der Waals surface area (Å²) in [7, 11) is 0. The smallest absolute Gasteiger partial charge is 0.218 e. The fourth-order valence-corrected chi connectivity index (χ4v) is 3.04. The van der Waals surface area contributed by atoms with Gasteiger partial charge >= 0.3 is 0 Å². The summed E-state index contributed by atoms with van der Waals surface area (Å²) in [6.07, 6.45) is 5.09. The third-order valence-electron chi connectivity index (χ3n) is 4.55. The molecule has 0 aliphatic heterocycles. The van der Waals surface area contributed by atoms with Crippen LogP contribution in [0.1, 0.15) is 63.3 Å². The Balaban J connectivity index is 2.11. The van der Waals surface area contributed by atoms with E-state index in [9.17, 15) is 0 Å². The minimum atomic E-state index is 0.326. The van der Waals surface area contributed by atoms with Crippen molar-refractivity contribution in [2.24, 2.45) is 5.41 Å². The average Bonchev–Trinajstić information content (AvgIpc) is 2.40. The Labute approximate surface area is 129 Å². The van der Waals surface area contributed by atoms with Gasteiger partial charge in [0.25, 0.3) is 0 Å². The number of aryl methyl sites for hydroxylation is 2. The van der Waals surface area contributed by atoms with E-state index in [-0.39, 0.29) is 0 Å². The van der Waals surface area contributed by atoms with Gasteiger partial charge in [-0.3, -0.25) is 0 Å². The standard InChI is InChI=1S/C18H30N2O/c1-6-19-12-16-13(2)11-14(3)20-17(16)21-15-7-9-18(4,5)10-8-15/h11,15,19H,6-10,12H2,1-5H3. The highest BCUT2D eigenvalue weighted by molar-refractivity contribution is 5.36. The largest absolute Gasteiger partial charge is 0.474 e. The maximum atomic E-state index is 6.29. The van der Waals surface area contributed by atoms with E-state index in [0.29, 0.717) is 11.5 Å². The van der Waals surface area contributed by atoms with Gasteiger partial charge in [-0.2, -0.15) is 0 Å². The summed E-state index contributed by atoms with van der Waals surface area (Å²) in [5.41, 5.74) is 4.00. The number of aromatic nitrogens is 1. The van der Waals surface area contributed by atoms with Gasteiger partial charge in [-0.25, -0.2) is 4.98 Å². The Bertz CT molecular complexity index is 472. The van der Waals surface area contributed by atoms with E-state index < -0.39 is 0 Å². The summed E-state index contributed by atoms with van der Waals surface area (Å²) < 4.78 is 6.29. The van der Waals surface area contributed by atoms with Gasteiger partial charge < -0.3 is 10.1 Å². The highest BCUT2D eigenvalue weighted by atomic mass is 16.5. The average molecular weight is 290 g/mol. The summed E-state index contributed by atoms with van der Waals surface area (Å²) >= 11 is 0. The zero-order valence-corrected chi connectivity index (χ0v) is 14.3. The number of nitrogens with zero attached hydrogens (tertiary/aromatic N) is 1. The molecule has 0 amide bonds. The van der Waals surface area contributed by atoms with Crippen molar-refractivity contribution in [3.63, 3.8) is 0 Å². The summed E-state index contributed by atoms with van der Waals surface area (Å²) in [6, 6.07) is 2.14. The van der Waals surface area contributed by atoms with Crippen LogP contribution in [-0.2, 0) is 6.54 Å². The van der Waals surface area contributed by atoms with Gasteiger partial charge in [-0.1, -0.05) is 20.8 Å². The lowest BCUT2D eigenvalue weighted by Crippen LogP contribution is -2.29. The third-order valence-corrected chi connectivity index (χ3v) is 4.55. The van der Waals surface area contributed by atoms with Crippen molar-refractivity contribution in [2.45, 2.75) is 73.0 Å². The molecule has 3 heteroatoms. The minimum Gasteiger partial charge on any atom is -0.474 e. The van der Waals surface area contributed by atoms with Crippen LogP contribution >= 0.6 is 0 Å². The van der Waals surface area contributed by atoms with Gasteiger partial charge in [0.15, 0.2) is 0 Å². The van der Waals surface area contributed by atoms with Crippen LogP contribution in [0.15, 0.2) is 6.07 Å². The van der Waals surface area contributed by atoms with Crippen molar-refractivity contribution >= 4 is 0 Å². The number of ether oxygens (including phenoxy) is 1. The fourth-order valence-electron chi connectivity index (χ4n) is 3.04. The van der Waals surface area contributed by atoms with E-state index in [4.69, 9.17) is 4.74 Å². The van der Waals surface area contributed by atoms with Crippen LogP contribution in [0, 0.1) is 19.3 Å². The molecule has 1 saturated carbocycles. The SMILES string of the molecule is CCNCc1c(C)cc(C)nc1OC1CCC(C)(C)CC1. The maximum Gasteiger partial charge on any atom is 0.218 e. The first-order chi connectivity index (χ1) is 9.91. The summed E-state index contributed by atoms with van der Waals surface area (Å²) in [4.78, 5) is 4.66. The number of hydrogen-bond donors (Lipinski definition) is 1. The summed E-state index contributed by atoms with van der Waals surface area (Å²) in [6.45, 7) is 12.8. The van der Waals surface area contributed by atoms with Crippen LogP contribution in [0.4, 0.5) is 0 Å². The van der Waals surface area contributed by atoms with E-state index in [1.807, 2.05) is 6.92 Å². The number of pyridine rings is 1. The van der Waals surface area contributed by atoms with Gasteiger partial charge in [0.2, 0.25) is 5.88 Å². The van der Waals surface area contributed by atoms with E-state index >= 15 is 0 Å². The van der Waals surface area contributed by atoms with Gasteiger partial charge in [0.05, 0.1) is 0 Å². The molecule has 0 atom stereocenters. The molecule has 1 aliphatic rings. The molecule has 3 nitrogen and oxygen atoms in total. The highest BCUT2D eigenvalue weighted by Gasteiger charge is 2.28. The second-order valence-electron chi connectivity index (χ2n) is 7.13. The fraction of sp³-hybridized carbons (Fsp3) is 0.722. The Morgan fingerprint density at radius 1 is 1.29 bits per heavy atom. The molecule has 0 saturated heterocycles. The van der Waals surface area contributed by atoms with Gasteiger partial charge in [0, 0.05) is 17.8 Å². The first-order valence-electron chi connectivity index (χ1n) is 8.26. The molecule has 1 aromatic rings. The minimum absolute atomic E-state index is 0.326. The molecule has 1 heterocycles. The molecule has 1 aliphatic carbocycles. The van der Waals surface area contributed by atoms with E-state index in [2.05, 4.69) is 44.1 Å². The van der Waals surface area contributed by atoms with Crippen molar-refractivity contribution in [2.75, 3.05) is 6.54 Å². The normalized spacial score (nSPS) is 18.7. The first-order valence-corrected chi connectivity index (χ1v) is 8.26. The molecule has 1 N–H and O–H groups in total. The lowest BCUT2D eigenvalue weighted by Gasteiger charge is -2.34. The zero-order valence-electron chi connectivity index (χ0n) is 14.3. The third kappa shape index (κ3) is 4.44. The first kappa shape index (κ1) is 16.3. The second kappa shape index (κ2) is 6.78. The molecule has 0 spiro atoms. The maximum absolute atomic E-state index is 6.29. The van der Waals surface area contributed by atoms with Crippen molar-refractivity contribution in [3.05, 3.63) is 22.9 Å². The summed E-state index contributed by atoms with van der Waals surface area (Å²) in [5, 5.41) is 3.40. The van der Waals surface area contributed by atoms with Gasteiger partial charge in [-0.15, -0.1) is 0 Å². The molecule has 0 aromatic carbocycles. The van der Waals surface area contributed by atoms with E-state index in [0.717, 1.165) is 37.5 Å². The lowest BCUT2D eigenvalue weighted by molar-refractivity contribution is 0.0937. The molecule has 0 bridgehead atoms. The van der Waals surface area contributed by atoms with Crippen LogP contribution < -0.4 is 10.1 Å². The monoisotopic (exact) mass is 290 g/mol. The number of hydrogen-bond acceptors (Lipinski definition) is 3. The van der Waals surface area contributed by atoms with Crippen LogP contribution in [0.2, 0.25) is 0 Å². The molecule has 2 rings (SSSR count). The van der Waals surface area contributed by atoms with Crippen LogP contribution in [0.25, 0.3) is 0 Å². The zero-order chi connectivity index (χ0) is 15.5. The molecule has 118 valence electrons. The van der Waals surface area contributed by atoms with Crippen LogP contribution in [0.3, 0.4) is 0 Å². The molecular formula is C18H30N2O. The van der Waals surface area contributed by atoms with Gasteiger partial charge in [-0.05, 0) is 63.1 Å². The Kier molecular flexibility index (Phi) is 5.26. The van der Waals surface area contributed by atoms with Crippen molar-refractivity contribution in [1.29, 1.82) is 0 Å².